The van der Waals surface area contributed by atoms with E-state index in [-0.39, 0.29) is 17.3 Å². The molecule has 0 unspecified atom stereocenters. The van der Waals surface area contributed by atoms with E-state index in [4.69, 9.17) is 10.0 Å². The maximum Gasteiger partial charge on any atom is 0.489 e. The monoisotopic (exact) mass is 167 g/mol. The number of aromatic nitrogens is 1. The van der Waals surface area contributed by atoms with Crippen LogP contribution in [0.4, 0.5) is 0 Å². The summed E-state index contributed by atoms with van der Waals surface area (Å²) in [6.07, 6.45) is 1.53. The van der Waals surface area contributed by atoms with Gasteiger partial charge >= 0.3 is 7.12 Å². The number of hydrogen-bond donors (Lipinski definition) is 3. The summed E-state index contributed by atoms with van der Waals surface area (Å²) >= 11 is 0. The Kier molecular flexibility index (Phi) is 2.42. The van der Waals surface area contributed by atoms with Crippen LogP contribution in [0, 0.1) is 0 Å². The van der Waals surface area contributed by atoms with E-state index >= 15 is 0 Å². The summed E-state index contributed by atoms with van der Waals surface area (Å²) in [5, 5.41) is 17.4. The Balaban J connectivity index is 3.37. The van der Waals surface area contributed by atoms with Crippen LogP contribution in [0.15, 0.2) is 17.1 Å². The zero-order chi connectivity index (χ0) is 9.14. The van der Waals surface area contributed by atoms with Crippen molar-refractivity contribution in [3.05, 3.63) is 28.2 Å². The van der Waals surface area contributed by atoms with Gasteiger partial charge in [0.25, 0.3) is 5.56 Å². The number of aldehydes is 1. The highest BCUT2D eigenvalue weighted by atomic mass is 16.4. The van der Waals surface area contributed by atoms with Gasteiger partial charge in [-0.3, -0.25) is 9.59 Å². The van der Waals surface area contributed by atoms with Crippen LogP contribution in [0.5, 0.6) is 0 Å². The fourth-order valence-corrected chi connectivity index (χ4v) is 0.852. The first-order valence-corrected chi connectivity index (χ1v) is 3.19. The van der Waals surface area contributed by atoms with Crippen LogP contribution < -0.4 is 11.0 Å². The number of pyridine rings is 1. The van der Waals surface area contributed by atoms with E-state index in [2.05, 4.69) is 4.98 Å². The van der Waals surface area contributed by atoms with Crippen LogP contribution >= 0.6 is 0 Å². The van der Waals surface area contributed by atoms with E-state index in [1.54, 1.807) is 0 Å². The van der Waals surface area contributed by atoms with Crippen molar-refractivity contribution in [1.29, 1.82) is 0 Å². The van der Waals surface area contributed by atoms with Gasteiger partial charge in [0.2, 0.25) is 0 Å². The fourth-order valence-electron chi connectivity index (χ4n) is 0.852. The first-order chi connectivity index (χ1) is 5.66. The van der Waals surface area contributed by atoms with Crippen molar-refractivity contribution in [2.75, 3.05) is 0 Å². The summed E-state index contributed by atoms with van der Waals surface area (Å²) in [5.74, 6) is 0. The van der Waals surface area contributed by atoms with Gasteiger partial charge in [-0.05, 0) is 11.5 Å². The summed E-state index contributed by atoms with van der Waals surface area (Å²) in [7, 11) is -1.80. The number of carbonyl (C=O) groups is 1. The van der Waals surface area contributed by atoms with Crippen LogP contribution in [0.25, 0.3) is 0 Å². The summed E-state index contributed by atoms with van der Waals surface area (Å²) < 4.78 is 0. The highest BCUT2D eigenvalue weighted by Gasteiger charge is 2.17. The van der Waals surface area contributed by atoms with Gasteiger partial charge in [0.05, 0.1) is 5.56 Å². The van der Waals surface area contributed by atoms with Gasteiger partial charge in [-0.25, -0.2) is 0 Å². The fraction of sp³-hybridized carbons (Fsp3) is 0. The Labute approximate surface area is 67.8 Å². The average molecular weight is 167 g/mol. The molecular weight excluding hydrogens is 161 g/mol. The van der Waals surface area contributed by atoms with Crippen LogP contribution in [0.2, 0.25) is 0 Å². The molecule has 62 valence electrons. The third kappa shape index (κ3) is 1.44. The van der Waals surface area contributed by atoms with E-state index in [1.807, 2.05) is 0 Å². The van der Waals surface area contributed by atoms with Gasteiger partial charge in [-0.2, -0.15) is 0 Å². The molecule has 0 aliphatic carbocycles. The van der Waals surface area contributed by atoms with E-state index in [0.29, 0.717) is 0 Å². The van der Waals surface area contributed by atoms with Crippen molar-refractivity contribution in [3.8, 4) is 0 Å². The molecule has 0 aromatic carbocycles. The maximum absolute atomic E-state index is 10.9. The Morgan fingerprint density at radius 3 is 2.58 bits per heavy atom. The van der Waals surface area contributed by atoms with Crippen molar-refractivity contribution in [2.24, 2.45) is 0 Å². The maximum atomic E-state index is 10.9. The molecule has 0 bridgehead atoms. The minimum atomic E-state index is -1.80. The molecule has 0 aliphatic rings. The van der Waals surface area contributed by atoms with Gasteiger partial charge in [0, 0.05) is 6.20 Å². The Morgan fingerprint density at radius 1 is 1.50 bits per heavy atom. The summed E-state index contributed by atoms with van der Waals surface area (Å²) in [4.78, 5) is 23.4. The Hall–Kier alpha value is -1.40. The Morgan fingerprint density at radius 2 is 2.17 bits per heavy atom. The zero-order valence-corrected chi connectivity index (χ0v) is 6.02. The van der Waals surface area contributed by atoms with Crippen molar-refractivity contribution in [1.82, 2.24) is 4.98 Å². The third-order valence-corrected chi connectivity index (χ3v) is 1.43. The third-order valence-electron chi connectivity index (χ3n) is 1.43. The minimum absolute atomic E-state index is 0.0891. The first-order valence-electron chi connectivity index (χ1n) is 3.19. The molecule has 0 amide bonds. The van der Waals surface area contributed by atoms with Gasteiger partial charge in [0.1, 0.15) is 0 Å². The van der Waals surface area contributed by atoms with Crippen LogP contribution in [0.3, 0.4) is 0 Å². The predicted octanol–water partition coefficient (Wildman–Crippen LogP) is -2.13. The minimum Gasteiger partial charge on any atom is -0.423 e. The number of nitrogens with one attached hydrogen (secondary N) is 1. The SMILES string of the molecule is O=Cc1c(B(O)O)cc[nH]c1=O. The molecule has 0 aliphatic heterocycles. The molecular formula is C6H6BNO4. The van der Waals surface area contributed by atoms with Gasteiger partial charge in [0.15, 0.2) is 6.29 Å². The molecule has 0 saturated carbocycles. The quantitative estimate of drug-likeness (QED) is 0.346. The summed E-state index contributed by atoms with van der Waals surface area (Å²) in [6, 6.07) is 1.26. The van der Waals surface area contributed by atoms with Crippen molar-refractivity contribution < 1.29 is 14.8 Å². The number of H-pyrrole nitrogens is 1. The Bertz CT molecular complexity index is 346. The molecule has 1 aromatic rings. The standard InChI is InChI=1S/C6H6BNO4/c9-3-4-5(7(11)12)1-2-8-6(4)10/h1-3,11-12H,(H,8,10). The van der Waals surface area contributed by atoms with Gasteiger partial charge in [-0.15, -0.1) is 0 Å². The van der Waals surface area contributed by atoms with Gasteiger partial charge < -0.3 is 15.0 Å². The van der Waals surface area contributed by atoms with E-state index < -0.39 is 12.7 Å². The molecule has 0 saturated heterocycles. The molecule has 1 heterocycles. The highest BCUT2D eigenvalue weighted by molar-refractivity contribution is 6.60. The predicted molar refractivity (Wildman–Crippen MR) is 42.3 cm³/mol. The molecule has 6 heteroatoms. The second-order valence-electron chi connectivity index (χ2n) is 2.17. The number of carbonyl (C=O) groups excluding carboxylic acids is 1. The van der Waals surface area contributed by atoms with Crippen LogP contribution in [0.1, 0.15) is 10.4 Å². The normalized spacial score (nSPS) is 9.50. The van der Waals surface area contributed by atoms with E-state index in [0.717, 1.165) is 0 Å². The molecule has 1 aromatic heterocycles. The lowest BCUT2D eigenvalue weighted by atomic mass is 9.78. The smallest absolute Gasteiger partial charge is 0.423 e. The largest absolute Gasteiger partial charge is 0.489 e. The molecule has 0 fully saturated rings. The number of hydrogen-bond acceptors (Lipinski definition) is 4. The second kappa shape index (κ2) is 3.33. The lowest BCUT2D eigenvalue weighted by molar-refractivity contribution is 0.112. The summed E-state index contributed by atoms with van der Waals surface area (Å²) in [5.41, 5.74) is -0.975. The van der Waals surface area contributed by atoms with Crippen molar-refractivity contribution >= 4 is 18.9 Å². The number of rotatable bonds is 2. The molecule has 12 heavy (non-hydrogen) atoms. The topological polar surface area (TPSA) is 90.4 Å². The summed E-state index contributed by atoms with van der Waals surface area (Å²) in [6.45, 7) is 0. The molecule has 0 atom stereocenters. The molecule has 3 N–H and O–H groups in total. The average Bonchev–Trinajstić information content (AvgIpc) is 2.03. The van der Waals surface area contributed by atoms with Crippen molar-refractivity contribution in [2.45, 2.75) is 0 Å². The highest BCUT2D eigenvalue weighted by Crippen LogP contribution is 1.82. The van der Waals surface area contributed by atoms with Crippen LogP contribution in [-0.4, -0.2) is 28.4 Å². The number of aromatic amines is 1. The van der Waals surface area contributed by atoms with Crippen LogP contribution in [-0.2, 0) is 0 Å². The van der Waals surface area contributed by atoms with Crippen molar-refractivity contribution in [3.63, 3.8) is 0 Å². The van der Waals surface area contributed by atoms with E-state index in [1.165, 1.54) is 12.3 Å². The van der Waals surface area contributed by atoms with E-state index in [9.17, 15) is 9.59 Å². The zero-order valence-electron chi connectivity index (χ0n) is 6.02. The molecule has 0 spiro atoms. The lowest BCUT2D eigenvalue weighted by Crippen LogP contribution is -2.37. The lowest BCUT2D eigenvalue weighted by Gasteiger charge is -1.99. The van der Waals surface area contributed by atoms with Gasteiger partial charge in [-0.1, -0.05) is 0 Å². The first kappa shape index (κ1) is 8.70. The molecule has 1 rings (SSSR count). The molecule has 0 radical (unpaired) electrons. The molecule has 5 nitrogen and oxygen atoms in total. The second-order valence-corrected chi connectivity index (χ2v) is 2.17.